The van der Waals surface area contributed by atoms with Gasteiger partial charge >= 0.3 is 5.97 Å². The average Bonchev–Trinajstić information content (AvgIpc) is 2.80. The molecule has 1 unspecified atom stereocenters. The van der Waals surface area contributed by atoms with Crippen molar-refractivity contribution < 1.29 is 23.8 Å². The molecule has 0 aromatic heterocycles. The highest BCUT2D eigenvalue weighted by Crippen LogP contribution is 2.19. The largest absolute Gasteiger partial charge is 0.497 e. The van der Waals surface area contributed by atoms with E-state index in [1.807, 2.05) is 24.3 Å². The van der Waals surface area contributed by atoms with E-state index in [1.165, 1.54) is 5.56 Å². The van der Waals surface area contributed by atoms with Gasteiger partial charge in [-0.15, -0.1) is 0 Å². The van der Waals surface area contributed by atoms with Crippen molar-refractivity contribution in [3.8, 4) is 17.2 Å². The molecule has 160 valence electrons. The summed E-state index contributed by atoms with van der Waals surface area (Å²) in [5.41, 5.74) is 2.29. The van der Waals surface area contributed by atoms with Gasteiger partial charge in [0, 0.05) is 11.3 Å². The van der Waals surface area contributed by atoms with Gasteiger partial charge in [-0.25, -0.2) is 4.79 Å². The molecule has 0 fully saturated rings. The third-order valence-corrected chi connectivity index (χ3v) is 4.66. The molecule has 0 radical (unpaired) electrons. The van der Waals surface area contributed by atoms with Crippen molar-refractivity contribution in [2.45, 2.75) is 26.4 Å². The van der Waals surface area contributed by atoms with Crippen molar-refractivity contribution >= 4 is 17.6 Å². The molecule has 31 heavy (non-hydrogen) atoms. The van der Waals surface area contributed by atoms with E-state index in [0.717, 1.165) is 6.42 Å². The summed E-state index contributed by atoms with van der Waals surface area (Å²) in [6, 6.07) is 21.0. The van der Waals surface area contributed by atoms with Crippen LogP contribution in [0, 0.1) is 0 Å². The Kier molecular flexibility index (Phi) is 7.27. The molecule has 0 aliphatic rings. The molecule has 3 rings (SSSR count). The monoisotopic (exact) mass is 419 g/mol. The quantitative estimate of drug-likeness (QED) is 0.416. The molecular formula is C25H25NO5. The zero-order chi connectivity index (χ0) is 22.2. The number of amides is 1. The summed E-state index contributed by atoms with van der Waals surface area (Å²) in [7, 11) is 1.58. The lowest BCUT2D eigenvalue weighted by Gasteiger charge is -2.14. The predicted molar refractivity (Wildman–Crippen MR) is 119 cm³/mol. The van der Waals surface area contributed by atoms with Crippen LogP contribution in [0.5, 0.6) is 17.2 Å². The lowest BCUT2D eigenvalue weighted by molar-refractivity contribution is -0.141. The second-order valence-corrected chi connectivity index (χ2v) is 6.89. The molecule has 6 heteroatoms. The molecule has 1 amide bonds. The highest BCUT2D eigenvalue weighted by molar-refractivity contribution is 6.04. The standard InChI is InChI=1S/C25H25NO5/c1-4-18-5-11-22(12-6-18)30-17(2)25(28)31-23-13-7-19(8-14-23)24(27)26-20-9-15-21(29-3)16-10-20/h5-17H,4H2,1-3H3,(H,26,27). The molecule has 0 bridgehead atoms. The van der Waals surface area contributed by atoms with Gasteiger partial charge in [-0.1, -0.05) is 19.1 Å². The molecule has 1 atom stereocenters. The van der Waals surface area contributed by atoms with Crippen LogP contribution in [0.1, 0.15) is 29.8 Å². The van der Waals surface area contributed by atoms with Crippen LogP contribution in [0.3, 0.4) is 0 Å². The van der Waals surface area contributed by atoms with Crippen molar-refractivity contribution in [1.29, 1.82) is 0 Å². The molecule has 1 N–H and O–H groups in total. The van der Waals surface area contributed by atoms with E-state index in [0.29, 0.717) is 28.5 Å². The van der Waals surface area contributed by atoms with Crippen LogP contribution < -0.4 is 19.5 Å². The molecule has 6 nitrogen and oxygen atoms in total. The first-order valence-corrected chi connectivity index (χ1v) is 10.0. The minimum Gasteiger partial charge on any atom is -0.497 e. The Hall–Kier alpha value is -3.80. The third kappa shape index (κ3) is 6.09. The molecule has 0 spiro atoms. The first-order valence-electron chi connectivity index (χ1n) is 10.0. The first-order chi connectivity index (χ1) is 15.0. The smallest absolute Gasteiger partial charge is 0.352 e. The molecule has 3 aromatic carbocycles. The predicted octanol–water partition coefficient (Wildman–Crippen LogP) is 4.88. The van der Waals surface area contributed by atoms with E-state index < -0.39 is 12.1 Å². The number of rotatable bonds is 8. The maximum atomic E-state index is 12.4. The Labute approximate surface area is 181 Å². The molecule has 3 aromatic rings. The first kappa shape index (κ1) is 21.9. The summed E-state index contributed by atoms with van der Waals surface area (Å²) in [6.07, 6.45) is 0.164. The Morgan fingerprint density at radius 1 is 0.839 bits per heavy atom. The van der Waals surface area contributed by atoms with Gasteiger partial charge in [0.1, 0.15) is 17.2 Å². The van der Waals surface area contributed by atoms with E-state index >= 15 is 0 Å². The van der Waals surface area contributed by atoms with Crippen LogP contribution >= 0.6 is 0 Å². The maximum Gasteiger partial charge on any atom is 0.352 e. The van der Waals surface area contributed by atoms with E-state index in [2.05, 4.69) is 12.2 Å². The Morgan fingerprint density at radius 3 is 2.00 bits per heavy atom. The highest BCUT2D eigenvalue weighted by Gasteiger charge is 2.17. The number of nitrogens with one attached hydrogen (secondary N) is 1. The number of ether oxygens (including phenoxy) is 3. The normalized spacial score (nSPS) is 11.3. The van der Waals surface area contributed by atoms with Gasteiger partial charge in [0.15, 0.2) is 6.10 Å². The Bertz CT molecular complexity index is 1010. The number of anilines is 1. The van der Waals surface area contributed by atoms with Crippen molar-refractivity contribution in [3.05, 3.63) is 83.9 Å². The topological polar surface area (TPSA) is 73.9 Å². The zero-order valence-corrected chi connectivity index (χ0v) is 17.8. The summed E-state index contributed by atoms with van der Waals surface area (Å²) in [6.45, 7) is 3.70. The fourth-order valence-electron chi connectivity index (χ4n) is 2.81. The number of hydrogen-bond donors (Lipinski definition) is 1. The Morgan fingerprint density at radius 2 is 1.42 bits per heavy atom. The van der Waals surface area contributed by atoms with Crippen LogP contribution in [0.4, 0.5) is 5.69 Å². The maximum absolute atomic E-state index is 12.4. The fraction of sp³-hybridized carbons (Fsp3) is 0.200. The van der Waals surface area contributed by atoms with Gasteiger partial charge in [0.05, 0.1) is 7.11 Å². The average molecular weight is 419 g/mol. The van der Waals surface area contributed by atoms with Gasteiger partial charge in [-0.3, -0.25) is 4.79 Å². The van der Waals surface area contributed by atoms with E-state index in [1.54, 1.807) is 62.6 Å². The van der Waals surface area contributed by atoms with E-state index in [-0.39, 0.29) is 5.91 Å². The van der Waals surface area contributed by atoms with Crippen LogP contribution in [0.2, 0.25) is 0 Å². The summed E-state index contributed by atoms with van der Waals surface area (Å²) in [5.74, 6) is 0.862. The van der Waals surface area contributed by atoms with E-state index in [4.69, 9.17) is 14.2 Å². The number of carbonyl (C=O) groups is 2. The number of benzene rings is 3. The second-order valence-electron chi connectivity index (χ2n) is 6.89. The Balaban J connectivity index is 1.54. The van der Waals surface area contributed by atoms with Crippen LogP contribution in [-0.2, 0) is 11.2 Å². The van der Waals surface area contributed by atoms with Crippen LogP contribution in [0.15, 0.2) is 72.8 Å². The third-order valence-electron chi connectivity index (χ3n) is 4.66. The number of esters is 1. The summed E-state index contributed by atoms with van der Waals surface area (Å²) in [4.78, 5) is 24.7. The SMILES string of the molecule is CCc1ccc(OC(C)C(=O)Oc2ccc(C(=O)Nc3ccc(OC)cc3)cc2)cc1. The van der Waals surface area contributed by atoms with Gasteiger partial charge < -0.3 is 19.5 Å². The summed E-state index contributed by atoms with van der Waals surface area (Å²) in [5, 5.41) is 2.80. The van der Waals surface area contributed by atoms with Crippen molar-refractivity contribution in [1.82, 2.24) is 0 Å². The highest BCUT2D eigenvalue weighted by atomic mass is 16.6. The molecule has 0 aliphatic heterocycles. The van der Waals surface area contributed by atoms with Crippen LogP contribution in [0.25, 0.3) is 0 Å². The fourth-order valence-corrected chi connectivity index (χ4v) is 2.81. The number of aryl methyl sites for hydroxylation is 1. The minimum atomic E-state index is -0.773. The molecular weight excluding hydrogens is 394 g/mol. The summed E-state index contributed by atoms with van der Waals surface area (Å²) < 4.78 is 16.1. The van der Waals surface area contributed by atoms with Gasteiger partial charge in [-0.2, -0.15) is 0 Å². The lowest BCUT2D eigenvalue weighted by atomic mass is 10.2. The molecule has 0 aliphatic carbocycles. The lowest BCUT2D eigenvalue weighted by Crippen LogP contribution is -2.28. The van der Waals surface area contributed by atoms with Crippen molar-refractivity contribution in [2.75, 3.05) is 12.4 Å². The summed E-state index contributed by atoms with van der Waals surface area (Å²) >= 11 is 0. The molecule has 0 saturated carbocycles. The number of carbonyl (C=O) groups excluding carboxylic acids is 2. The second kappa shape index (κ2) is 10.3. The van der Waals surface area contributed by atoms with Gasteiger partial charge in [0.2, 0.25) is 0 Å². The minimum absolute atomic E-state index is 0.268. The van der Waals surface area contributed by atoms with Crippen LogP contribution in [-0.4, -0.2) is 25.1 Å². The van der Waals surface area contributed by atoms with Crippen molar-refractivity contribution in [3.63, 3.8) is 0 Å². The zero-order valence-electron chi connectivity index (χ0n) is 17.8. The molecule has 0 heterocycles. The van der Waals surface area contributed by atoms with Gasteiger partial charge in [-0.05, 0) is 79.6 Å². The molecule has 0 saturated heterocycles. The number of methoxy groups -OCH3 is 1. The van der Waals surface area contributed by atoms with Gasteiger partial charge in [0.25, 0.3) is 5.91 Å². The number of hydrogen-bond acceptors (Lipinski definition) is 5. The van der Waals surface area contributed by atoms with Crippen molar-refractivity contribution in [2.24, 2.45) is 0 Å². The van der Waals surface area contributed by atoms with E-state index in [9.17, 15) is 9.59 Å².